The van der Waals surface area contributed by atoms with Crippen LogP contribution in [0.3, 0.4) is 0 Å². The molecule has 1 aliphatic heterocycles. The van der Waals surface area contributed by atoms with Crippen LogP contribution in [-0.4, -0.2) is 34.2 Å². The van der Waals surface area contributed by atoms with Gasteiger partial charge in [0.15, 0.2) is 5.76 Å². The minimum atomic E-state index is -0.963. The minimum Gasteiger partial charge on any atom is -0.503 e. The van der Waals surface area contributed by atoms with E-state index >= 15 is 0 Å². The maximum atomic E-state index is 10.4. The number of allylic oxidation sites excluding steroid dienone is 1. The lowest BCUT2D eigenvalue weighted by Gasteiger charge is -1.96. The van der Waals surface area contributed by atoms with Crippen LogP contribution in [-0.2, 0) is 9.59 Å². The van der Waals surface area contributed by atoms with Crippen molar-refractivity contribution in [3.8, 4) is 0 Å². The van der Waals surface area contributed by atoms with Crippen molar-refractivity contribution in [2.45, 2.75) is 19.4 Å². The Kier molecular flexibility index (Phi) is 5.16. The van der Waals surface area contributed by atoms with E-state index in [2.05, 4.69) is 4.99 Å². The molecule has 78 valence electrons. The van der Waals surface area contributed by atoms with Crippen LogP contribution in [0.25, 0.3) is 0 Å². The zero-order valence-corrected chi connectivity index (χ0v) is 7.67. The third-order valence-electron chi connectivity index (χ3n) is 1.25. The number of carboxylic acids is 1. The minimum absolute atomic E-state index is 0.225. The van der Waals surface area contributed by atoms with Crippen molar-refractivity contribution in [1.82, 2.24) is 0 Å². The van der Waals surface area contributed by atoms with Gasteiger partial charge in [0.2, 0.25) is 5.78 Å². The molecule has 0 spiro atoms. The van der Waals surface area contributed by atoms with Crippen LogP contribution < -0.4 is 5.73 Å². The number of carboxylic acid groups (broad SMARTS) is 1. The van der Waals surface area contributed by atoms with Gasteiger partial charge in [0.05, 0.1) is 6.20 Å². The second-order valence-electron chi connectivity index (χ2n) is 2.60. The standard InChI is InChI=1S/C5H5NO2.C3H7NO2/c7-4-1-2-6-3-5(4)8;1-2(4)3(5)6/h2-3,8H,1H2;2H,4H2,1H3,(H,5,6)/t;2-/m.0/s1. The summed E-state index contributed by atoms with van der Waals surface area (Å²) in [5.41, 5.74) is 4.84. The third-order valence-corrected chi connectivity index (χ3v) is 1.25. The number of aliphatic hydroxyl groups is 1. The maximum Gasteiger partial charge on any atom is 0.320 e. The highest BCUT2D eigenvalue weighted by molar-refractivity contribution is 6.03. The average molecular weight is 200 g/mol. The lowest BCUT2D eigenvalue weighted by molar-refractivity contribution is -0.138. The zero-order valence-electron chi connectivity index (χ0n) is 7.67. The van der Waals surface area contributed by atoms with Crippen LogP contribution in [0.15, 0.2) is 17.0 Å². The van der Waals surface area contributed by atoms with Gasteiger partial charge < -0.3 is 15.9 Å². The SMILES string of the molecule is C[C@H](N)C(=O)O.O=C1CC=NC=C1O. The Bertz CT molecular complexity index is 281. The Morgan fingerprint density at radius 2 is 2.21 bits per heavy atom. The number of aliphatic hydroxyl groups excluding tert-OH is 1. The Morgan fingerprint density at radius 3 is 2.43 bits per heavy atom. The topological polar surface area (TPSA) is 113 Å². The van der Waals surface area contributed by atoms with Gasteiger partial charge in [-0.2, -0.15) is 0 Å². The first-order valence-electron chi connectivity index (χ1n) is 3.87. The van der Waals surface area contributed by atoms with Gasteiger partial charge in [0.1, 0.15) is 6.04 Å². The van der Waals surface area contributed by atoms with E-state index in [0.717, 1.165) is 6.20 Å². The van der Waals surface area contributed by atoms with Gasteiger partial charge in [-0.1, -0.05) is 0 Å². The summed E-state index contributed by atoms with van der Waals surface area (Å²) in [6.45, 7) is 1.42. The number of ketones is 1. The fourth-order valence-corrected chi connectivity index (χ4v) is 0.435. The Hall–Kier alpha value is -1.69. The zero-order chi connectivity index (χ0) is 11.1. The summed E-state index contributed by atoms with van der Waals surface area (Å²) >= 11 is 0. The normalized spacial score (nSPS) is 16.4. The lowest BCUT2D eigenvalue weighted by atomic mass is 10.2. The maximum absolute atomic E-state index is 10.4. The molecule has 0 aromatic rings. The summed E-state index contributed by atoms with van der Waals surface area (Å²) in [5, 5.41) is 16.4. The summed E-state index contributed by atoms with van der Waals surface area (Å²) in [6, 6.07) is -0.731. The molecule has 0 saturated carbocycles. The Morgan fingerprint density at radius 1 is 1.71 bits per heavy atom. The monoisotopic (exact) mass is 200 g/mol. The largest absolute Gasteiger partial charge is 0.503 e. The molecule has 4 N–H and O–H groups in total. The number of nitrogens with two attached hydrogens (primary N) is 1. The smallest absolute Gasteiger partial charge is 0.320 e. The molecule has 14 heavy (non-hydrogen) atoms. The highest BCUT2D eigenvalue weighted by atomic mass is 16.4. The quantitative estimate of drug-likeness (QED) is 0.544. The van der Waals surface area contributed by atoms with E-state index in [9.17, 15) is 9.59 Å². The summed E-state index contributed by atoms with van der Waals surface area (Å²) in [7, 11) is 0. The molecule has 6 heteroatoms. The highest BCUT2D eigenvalue weighted by Gasteiger charge is 2.07. The molecule has 1 rings (SSSR count). The number of rotatable bonds is 1. The molecule has 0 aromatic carbocycles. The summed E-state index contributed by atoms with van der Waals surface area (Å²) in [4.78, 5) is 23.5. The van der Waals surface area contributed by atoms with E-state index < -0.39 is 12.0 Å². The van der Waals surface area contributed by atoms with Gasteiger partial charge in [-0.3, -0.25) is 14.6 Å². The Labute approximate surface area is 80.8 Å². The first-order valence-corrected chi connectivity index (χ1v) is 3.87. The third kappa shape index (κ3) is 5.04. The molecular weight excluding hydrogens is 188 g/mol. The molecular formula is C8H12N2O4. The van der Waals surface area contributed by atoms with E-state index in [-0.39, 0.29) is 18.0 Å². The predicted octanol–water partition coefficient (Wildman–Crippen LogP) is -0.152. The summed E-state index contributed by atoms with van der Waals surface area (Å²) in [6.07, 6.45) is 2.83. The summed E-state index contributed by atoms with van der Waals surface area (Å²) < 4.78 is 0. The second kappa shape index (κ2) is 5.87. The molecule has 1 aliphatic rings. The fourth-order valence-electron chi connectivity index (χ4n) is 0.435. The van der Waals surface area contributed by atoms with Crippen molar-refractivity contribution in [1.29, 1.82) is 0 Å². The molecule has 0 saturated heterocycles. The van der Waals surface area contributed by atoms with Gasteiger partial charge in [-0.15, -0.1) is 0 Å². The van der Waals surface area contributed by atoms with Crippen LogP contribution >= 0.6 is 0 Å². The van der Waals surface area contributed by atoms with Crippen molar-refractivity contribution in [3.05, 3.63) is 12.0 Å². The molecule has 1 heterocycles. The van der Waals surface area contributed by atoms with Gasteiger partial charge in [0.25, 0.3) is 0 Å². The van der Waals surface area contributed by atoms with Crippen LogP contribution in [0.5, 0.6) is 0 Å². The van der Waals surface area contributed by atoms with Gasteiger partial charge in [-0.25, -0.2) is 0 Å². The van der Waals surface area contributed by atoms with Gasteiger partial charge in [0, 0.05) is 12.6 Å². The second-order valence-corrected chi connectivity index (χ2v) is 2.60. The predicted molar refractivity (Wildman–Crippen MR) is 50.1 cm³/mol. The van der Waals surface area contributed by atoms with Crippen LogP contribution in [0, 0.1) is 0 Å². The van der Waals surface area contributed by atoms with Gasteiger partial charge in [-0.05, 0) is 6.92 Å². The number of aliphatic imine (C=N–C) groups is 1. The fraction of sp³-hybridized carbons (Fsp3) is 0.375. The Balaban J connectivity index is 0.000000255. The van der Waals surface area contributed by atoms with E-state index in [4.69, 9.17) is 15.9 Å². The number of hydrogen-bond acceptors (Lipinski definition) is 5. The van der Waals surface area contributed by atoms with Crippen molar-refractivity contribution in [2.24, 2.45) is 10.7 Å². The first-order chi connectivity index (χ1) is 6.45. The lowest BCUT2D eigenvalue weighted by Crippen LogP contribution is -2.25. The van der Waals surface area contributed by atoms with Crippen molar-refractivity contribution in [3.63, 3.8) is 0 Å². The number of nitrogens with zero attached hydrogens (tertiary/aromatic N) is 1. The first kappa shape index (κ1) is 12.3. The van der Waals surface area contributed by atoms with Crippen LogP contribution in [0.2, 0.25) is 0 Å². The summed E-state index contributed by atoms with van der Waals surface area (Å²) in [5.74, 6) is -1.47. The number of hydrogen-bond donors (Lipinski definition) is 3. The molecule has 0 radical (unpaired) electrons. The number of carbonyl (C=O) groups is 2. The molecule has 0 aliphatic carbocycles. The van der Waals surface area contributed by atoms with Crippen LogP contribution in [0.1, 0.15) is 13.3 Å². The van der Waals surface area contributed by atoms with E-state index in [1.807, 2.05) is 0 Å². The van der Waals surface area contributed by atoms with Crippen LogP contribution in [0.4, 0.5) is 0 Å². The van der Waals surface area contributed by atoms with Crippen molar-refractivity contribution >= 4 is 18.0 Å². The average Bonchev–Trinajstić information content (AvgIpc) is 2.11. The van der Waals surface area contributed by atoms with Gasteiger partial charge >= 0.3 is 5.97 Å². The molecule has 0 unspecified atom stereocenters. The molecule has 0 amide bonds. The van der Waals surface area contributed by atoms with E-state index in [1.165, 1.54) is 13.1 Å². The molecule has 0 fully saturated rings. The highest BCUT2D eigenvalue weighted by Crippen LogP contribution is 1.98. The van der Waals surface area contributed by atoms with E-state index in [1.54, 1.807) is 0 Å². The van der Waals surface area contributed by atoms with Crippen molar-refractivity contribution < 1.29 is 19.8 Å². The molecule has 0 aromatic heterocycles. The van der Waals surface area contributed by atoms with E-state index in [0.29, 0.717) is 0 Å². The molecule has 6 nitrogen and oxygen atoms in total. The van der Waals surface area contributed by atoms with Crippen molar-refractivity contribution in [2.75, 3.05) is 0 Å². The number of carbonyl (C=O) groups excluding carboxylic acids is 1. The molecule has 1 atom stereocenters. The number of aliphatic carboxylic acids is 1. The number of Topliss-reactive ketones (excluding diaryl/α,β-unsaturated/α-hetero) is 1. The molecule has 0 bridgehead atoms.